The number of aliphatic carboxylic acids is 1. The summed E-state index contributed by atoms with van der Waals surface area (Å²) in [5.41, 5.74) is 0. The monoisotopic (exact) mass is 213 g/mol. The van der Waals surface area contributed by atoms with E-state index in [1.165, 1.54) is 12.8 Å². The van der Waals surface area contributed by atoms with Gasteiger partial charge in [0.2, 0.25) is 0 Å². The van der Waals surface area contributed by atoms with E-state index in [4.69, 9.17) is 5.11 Å². The second-order valence-electron chi connectivity index (χ2n) is 4.74. The molecule has 1 unspecified atom stereocenters. The molecular formula is C12H23NO2. The van der Waals surface area contributed by atoms with Crippen LogP contribution in [0.15, 0.2) is 0 Å². The average molecular weight is 213 g/mol. The molecule has 2 N–H and O–H groups in total. The van der Waals surface area contributed by atoms with Gasteiger partial charge >= 0.3 is 5.97 Å². The Labute approximate surface area is 92.3 Å². The lowest BCUT2D eigenvalue weighted by Crippen LogP contribution is -2.39. The fourth-order valence-corrected chi connectivity index (χ4v) is 2.43. The molecular weight excluding hydrogens is 190 g/mol. The van der Waals surface area contributed by atoms with Gasteiger partial charge in [-0.1, -0.05) is 13.3 Å². The van der Waals surface area contributed by atoms with Crippen molar-refractivity contribution in [3.63, 3.8) is 0 Å². The summed E-state index contributed by atoms with van der Waals surface area (Å²) < 4.78 is 0. The van der Waals surface area contributed by atoms with Gasteiger partial charge in [0.05, 0.1) is 5.92 Å². The molecule has 3 nitrogen and oxygen atoms in total. The Morgan fingerprint density at radius 3 is 2.47 bits per heavy atom. The minimum atomic E-state index is -0.616. The van der Waals surface area contributed by atoms with Gasteiger partial charge in [-0.25, -0.2) is 0 Å². The lowest BCUT2D eigenvalue weighted by atomic mass is 9.86. The second kappa shape index (κ2) is 6.11. The van der Waals surface area contributed by atoms with Gasteiger partial charge < -0.3 is 10.4 Å². The molecule has 0 radical (unpaired) electrons. The summed E-state index contributed by atoms with van der Waals surface area (Å²) in [6, 6.07) is 1.11. The Balaban J connectivity index is 2.22. The lowest BCUT2D eigenvalue weighted by Gasteiger charge is -2.29. The fraction of sp³-hybridized carbons (Fsp3) is 0.917. The first kappa shape index (κ1) is 12.5. The fourth-order valence-electron chi connectivity index (χ4n) is 2.43. The van der Waals surface area contributed by atoms with E-state index in [1.54, 1.807) is 0 Å². The van der Waals surface area contributed by atoms with Gasteiger partial charge in [0.15, 0.2) is 0 Å². The van der Waals surface area contributed by atoms with Crippen molar-refractivity contribution in [3.05, 3.63) is 0 Å². The van der Waals surface area contributed by atoms with Crippen LogP contribution in [0.3, 0.4) is 0 Å². The zero-order chi connectivity index (χ0) is 11.3. The van der Waals surface area contributed by atoms with E-state index in [2.05, 4.69) is 19.2 Å². The molecule has 0 aromatic carbocycles. The number of carboxylic acid groups (broad SMARTS) is 1. The number of carbonyl (C=O) groups is 1. The highest BCUT2D eigenvalue weighted by Crippen LogP contribution is 2.24. The van der Waals surface area contributed by atoms with Gasteiger partial charge in [-0.15, -0.1) is 0 Å². The van der Waals surface area contributed by atoms with Gasteiger partial charge in [-0.3, -0.25) is 4.79 Å². The quantitative estimate of drug-likeness (QED) is 0.737. The number of nitrogens with one attached hydrogen (secondary N) is 1. The van der Waals surface area contributed by atoms with E-state index in [0.717, 1.165) is 25.7 Å². The van der Waals surface area contributed by atoms with Crippen LogP contribution in [0.5, 0.6) is 0 Å². The van der Waals surface area contributed by atoms with Crippen LogP contribution in [0.4, 0.5) is 0 Å². The summed E-state index contributed by atoms with van der Waals surface area (Å²) in [4.78, 5) is 10.8. The molecule has 0 aromatic rings. The van der Waals surface area contributed by atoms with Crippen molar-refractivity contribution in [2.75, 3.05) is 0 Å². The molecule has 0 bridgehead atoms. The van der Waals surface area contributed by atoms with Crippen LogP contribution in [0.1, 0.15) is 52.4 Å². The molecule has 0 spiro atoms. The van der Waals surface area contributed by atoms with Crippen LogP contribution in [-0.2, 0) is 4.79 Å². The molecule has 1 fully saturated rings. The Hall–Kier alpha value is -0.570. The highest BCUT2D eigenvalue weighted by Gasteiger charge is 2.26. The molecule has 15 heavy (non-hydrogen) atoms. The number of carboxylic acids is 1. The smallest absolute Gasteiger partial charge is 0.306 e. The molecule has 0 saturated heterocycles. The Bertz CT molecular complexity index is 198. The molecule has 0 amide bonds. The van der Waals surface area contributed by atoms with Crippen molar-refractivity contribution in [2.45, 2.75) is 64.5 Å². The standard InChI is InChI=1S/C12H23NO2/c1-3-4-9(2)13-11-7-5-10(6-8-11)12(14)15/h9-11,13H,3-8H2,1-2H3,(H,14,15). The Morgan fingerprint density at radius 2 is 2.00 bits per heavy atom. The normalized spacial score (nSPS) is 28.7. The second-order valence-corrected chi connectivity index (χ2v) is 4.74. The predicted octanol–water partition coefficient (Wildman–Crippen LogP) is 2.41. The molecule has 3 heteroatoms. The van der Waals surface area contributed by atoms with Crippen LogP contribution >= 0.6 is 0 Å². The van der Waals surface area contributed by atoms with E-state index in [9.17, 15) is 4.79 Å². The van der Waals surface area contributed by atoms with E-state index in [0.29, 0.717) is 12.1 Å². The topological polar surface area (TPSA) is 49.3 Å². The van der Waals surface area contributed by atoms with Crippen molar-refractivity contribution >= 4 is 5.97 Å². The highest BCUT2D eigenvalue weighted by atomic mass is 16.4. The van der Waals surface area contributed by atoms with Crippen LogP contribution < -0.4 is 5.32 Å². The van der Waals surface area contributed by atoms with Crippen molar-refractivity contribution in [2.24, 2.45) is 5.92 Å². The average Bonchev–Trinajstić information content (AvgIpc) is 2.18. The third-order valence-corrected chi connectivity index (χ3v) is 3.32. The molecule has 0 aromatic heterocycles. The van der Waals surface area contributed by atoms with Crippen molar-refractivity contribution in [3.8, 4) is 0 Å². The van der Waals surface area contributed by atoms with E-state index < -0.39 is 5.97 Å². The van der Waals surface area contributed by atoms with Gasteiger partial charge in [0, 0.05) is 12.1 Å². The molecule has 1 aliphatic carbocycles. The van der Waals surface area contributed by atoms with E-state index >= 15 is 0 Å². The lowest BCUT2D eigenvalue weighted by molar-refractivity contribution is -0.142. The first-order valence-corrected chi connectivity index (χ1v) is 6.12. The molecule has 1 saturated carbocycles. The first-order valence-electron chi connectivity index (χ1n) is 6.12. The van der Waals surface area contributed by atoms with Gasteiger partial charge in [0.25, 0.3) is 0 Å². The Kier molecular flexibility index (Phi) is 5.09. The number of rotatable bonds is 5. The molecule has 1 rings (SSSR count). The maximum atomic E-state index is 10.8. The summed E-state index contributed by atoms with van der Waals surface area (Å²) in [7, 11) is 0. The van der Waals surface area contributed by atoms with Gasteiger partial charge in [-0.05, 0) is 39.0 Å². The van der Waals surface area contributed by atoms with Crippen LogP contribution in [0, 0.1) is 5.92 Å². The van der Waals surface area contributed by atoms with Crippen LogP contribution in [0.2, 0.25) is 0 Å². The summed E-state index contributed by atoms with van der Waals surface area (Å²) in [6.07, 6.45) is 6.13. The third kappa shape index (κ3) is 4.20. The third-order valence-electron chi connectivity index (χ3n) is 3.32. The summed E-state index contributed by atoms with van der Waals surface area (Å²) in [5, 5.41) is 12.5. The van der Waals surface area contributed by atoms with Gasteiger partial charge in [0.1, 0.15) is 0 Å². The van der Waals surface area contributed by atoms with Crippen LogP contribution in [0.25, 0.3) is 0 Å². The summed E-state index contributed by atoms with van der Waals surface area (Å²) in [5.74, 6) is -0.709. The SMILES string of the molecule is CCCC(C)NC1CCC(C(=O)O)CC1. The van der Waals surface area contributed by atoms with Crippen molar-refractivity contribution in [1.29, 1.82) is 0 Å². The van der Waals surface area contributed by atoms with E-state index in [-0.39, 0.29) is 5.92 Å². The van der Waals surface area contributed by atoms with E-state index in [1.807, 2.05) is 0 Å². The first-order chi connectivity index (χ1) is 7.13. The van der Waals surface area contributed by atoms with Crippen molar-refractivity contribution < 1.29 is 9.90 Å². The van der Waals surface area contributed by atoms with Gasteiger partial charge in [-0.2, -0.15) is 0 Å². The minimum Gasteiger partial charge on any atom is -0.481 e. The zero-order valence-corrected chi connectivity index (χ0v) is 9.83. The summed E-state index contributed by atoms with van der Waals surface area (Å²) >= 11 is 0. The highest BCUT2D eigenvalue weighted by molar-refractivity contribution is 5.70. The number of hydrogen-bond acceptors (Lipinski definition) is 2. The zero-order valence-electron chi connectivity index (χ0n) is 9.83. The molecule has 1 aliphatic rings. The van der Waals surface area contributed by atoms with Crippen LogP contribution in [-0.4, -0.2) is 23.2 Å². The maximum absolute atomic E-state index is 10.8. The molecule has 0 aliphatic heterocycles. The maximum Gasteiger partial charge on any atom is 0.306 e. The largest absolute Gasteiger partial charge is 0.481 e. The predicted molar refractivity (Wildman–Crippen MR) is 60.9 cm³/mol. The van der Waals surface area contributed by atoms with Crippen molar-refractivity contribution in [1.82, 2.24) is 5.32 Å². The number of hydrogen-bond donors (Lipinski definition) is 2. The molecule has 88 valence electrons. The summed E-state index contributed by atoms with van der Waals surface area (Å²) in [6.45, 7) is 4.41. The Morgan fingerprint density at radius 1 is 1.40 bits per heavy atom. The molecule has 1 atom stereocenters. The molecule has 0 heterocycles. The minimum absolute atomic E-state index is 0.0930.